The summed E-state index contributed by atoms with van der Waals surface area (Å²) < 4.78 is 6.61. The van der Waals surface area contributed by atoms with Gasteiger partial charge < -0.3 is 25.0 Å². The van der Waals surface area contributed by atoms with E-state index in [0.29, 0.717) is 36.0 Å². The fourth-order valence-corrected chi connectivity index (χ4v) is 5.35. The smallest absolute Gasteiger partial charge is 0.275 e. The first kappa shape index (κ1) is 27.0. The molecule has 9 heteroatoms. The molecule has 37 heavy (non-hydrogen) atoms. The molecule has 9 nitrogen and oxygen atoms in total. The Balaban J connectivity index is 1.63. The summed E-state index contributed by atoms with van der Waals surface area (Å²) in [4.78, 5) is 38.6. The molecule has 1 aromatic heterocycles. The van der Waals surface area contributed by atoms with E-state index >= 15 is 0 Å². The summed E-state index contributed by atoms with van der Waals surface area (Å²) in [6.45, 7) is 5.97. The summed E-state index contributed by atoms with van der Waals surface area (Å²) in [5, 5.41) is 12.8. The lowest BCUT2D eigenvalue weighted by atomic mass is 9.89. The molecule has 1 aliphatic heterocycles. The van der Waals surface area contributed by atoms with Crippen LogP contribution in [0.15, 0.2) is 36.8 Å². The summed E-state index contributed by atoms with van der Waals surface area (Å²) in [5.74, 6) is 0.391. The lowest BCUT2D eigenvalue weighted by Gasteiger charge is -2.39. The molecule has 2 heterocycles. The van der Waals surface area contributed by atoms with Crippen molar-refractivity contribution in [2.45, 2.75) is 58.1 Å². The zero-order valence-electron chi connectivity index (χ0n) is 22.1. The van der Waals surface area contributed by atoms with Crippen molar-refractivity contribution in [3.05, 3.63) is 48.0 Å². The number of carbonyl (C=O) groups excluding carboxylic acids is 2. The molecule has 1 saturated carbocycles. The number of hydrogen-bond donors (Lipinski definition) is 2. The molecule has 2 aliphatic rings. The Morgan fingerprint density at radius 2 is 2.03 bits per heavy atom. The van der Waals surface area contributed by atoms with Crippen LogP contribution in [0.25, 0.3) is 0 Å². The molecule has 200 valence electrons. The molecule has 2 amide bonds. The van der Waals surface area contributed by atoms with Crippen molar-refractivity contribution in [3.8, 4) is 5.75 Å². The molecule has 0 radical (unpaired) electrons. The highest BCUT2D eigenvalue weighted by molar-refractivity contribution is 6.06. The lowest BCUT2D eigenvalue weighted by molar-refractivity contribution is 0.0332. The van der Waals surface area contributed by atoms with Crippen molar-refractivity contribution in [1.29, 1.82) is 0 Å². The van der Waals surface area contributed by atoms with Crippen molar-refractivity contribution >= 4 is 17.5 Å². The maximum atomic E-state index is 13.6. The van der Waals surface area contributed by atoms with Gasteiger partial charge in [0.05, 0.1) is 30.1 Å². The van der Waals surface area contributed by atoms with E-state index in [1.807, 2.05) is 6.92 Å². The van der Waals surface area contributed by atoms with E-state index in [9.17, 15) is 14.7 Å². The van der Waals surface area contributed by atoms with Crippen LogP contribution in [0, 0.1) is 11.8 Å². The molecule has 0 spiro atoms. The van der Waals surface area contributed by atoms with Crippen molar-refractivity contribution < 1.29 is 19.4 Å². The van der Waals surface area contributed by atoms with E-state index in [2.05, 4.69) is 34.2 Å². The van der Waals surface area contributed by atoms with Gasteiger partial charge in [0.15, 0.2) is 5.75 Å². The van der Waals surface area contributed by atoms with E-state index in [1.165, 1.54) is 50.7 Å². The molecule has 1 aliphatic carbocycles. The number of hydrogen-bond acceptors (Lipinski definition) is 7. The van der Waals surface area contributed by atoms with Crippen LogP contribution >= 0.6 is 0 Å². The van der Waals surface area contributed by atoms with Gasteiger partial charge in [0.2, 0.25) is 0 Å². The minimum absolute atomic E-state index is 0.00338. The topological polar surface area (TPSA) is 108 Å². The Hall–Kier alpha value is -3.04. The van der Waals surface area contributed by atoms with Crippen LogP contribution in [0.3, 0.4) is 0 Å². The first-order valence-electron chi connectivity index (χ1n) is 13.3. The first-order chi connectivity index (χ1) is 17.9. The highest BCUT2D eigenvalue weighted by Crippen LogP contribution is 2.35. The zero-order chi connectivity index (χ0) is 26.4. The third-order valence-electron chi connectivity index (χ3n) is 7.52. The molecule has 4 rings (SSSR count). The van der Waals surface area contributed by atoms with Gasteiger partial charge in [-0.2, -0.15) is 0 Å². The number of nitrogens with zero attached hydrogens (tertiary/aromatic N) is 4. The summed E-state index contributed by atoms with van der Waals surface area (Å²) in [5.41, 5.74) is 0.946. The number of amides is 2. The van der Waals surface area contributed by atoms with E-state index in [-0.39, 0.29) is 36.3 Å². The Labute approximate surface area is 219 Å². The van der Waals surface area contributed by atoms with Crippen LogP contribution in [0.5, 0.6) is 5.75 Å². The maximum absolute atomic E-state index is 13.6. The largest absolute Gasteiger partial charge is 0.486 e. The van der Waals surface area contributed by atoms with E-state index in [0.717, 1.165) is 6.54 Å². The summed E-state index contributed by atoms with van der Waals surface area (Å²) in [6.07, 6.45) is 10.6. The van der Waals surface area contributed by atoms with Crippen molar-refractivity contribution in [1.82, 2.24) is 19.8 Å². The van der Waals surface area contributed by atoms with Gasteiger partial charge in [0, 0.05) is 37.9 Å². The van der Waals surface area contributed by atoms with Gasteiger partial charge in [0.1, 0.15) is 11.8 Å². The molecule has 1 fully saturated rings. The SMILES string of the molecule is C[C@@H]1CN([C@H](C)CO)C(=O)c2cccc(NC(=O)c3cnccn3)c2O[C@@H]1CN(C)CC1CCCCC1. The quantitative estimate of drug-likeness (QED) is 0.561. The first-order valence-corrected chi connectivity index (χ1v) is 13.3. The second kappa shape index (κ2) is 12.5. The second-order valence-electron chi connectivity index (χ2n) is 10.6. The predicted molar refractivity (Wildman–Crippen MR) is 142 cm³/mol. The van der Waals surface area contributed by atoms with Crippen molar-refractivity contribution in [3.63, 3.8) is 0 Å². The predicted octanol–water partition coefficient (Wildman–Crippen LogP) is 3.46. The number of para-hydroxylation sites is 1. The van der Waals surface area contributed by atoms with Crippen LogP contribution in [0.2, 0.25) is 0 Å². The van der Waals surface area contributed by atoms with Crippen molar-refractivity contribution in [2.75, 3.05) is 38.6 Å². The van der Waals surface area contributed by atoms with Crippen LogP contribution in [0.1, 0.15) is 66.8 Å². The molecule has 0 bridgehead atoms. The normalized spacial score (nSPS) is 21.5. The monoisotopic (exact) mass is 509 g/mol. The third-order valence-corrected chi connectivity index (χ3v) is 7.52. The Bertz CT molecular complexity index is 1060. The average molecular weight is 510 g/mol. The minimum Gasteiger partial charge on any atom is -0.486 e. The van der Waals surface area contributed by atoms with Crippen LogP contribution in [-0.4, -0.2) is 82.1 Å². The highest BCUT2D eigenvalue weighted by Gasteiger charge is 2.35. The second-order valence-corrected chi connectivity index (χ2v) is 10.6. The third kappa shape index (κ3) is 6.64. The number of ether oxygens (including phenoxy) is 1. The Morgan fingerprint density at radius 3 is 2.73 bits per heavy atom. The van der Waals surface area contributed by atoms with Gasteiger partial charge >= 0.3 is 0 Å². The Morgan fingerprint density at radius 1 is 1.24 bits per heavy atom. The number of fused-ring (bicyclic) bond motifs is 1. The van der Waals surface area contributed by atoms with Crippen LogP contribution in [0.4, 0.5) is 5.69 Å². The standard InChI is InChI=1S/C28H39N5O4/c1-19-15-33(20(2)18-34)28(36)22-10-7-11-23(31-27(35)24-14-29-12-13-30-24)26(22)37-25(19)17-32(3)16-21-8-5-4-6-9-21/h7,10-14,19-21,25,34H,4-6,8-9,15-18H2,1-3H3,(H,31,35)/t19-,20-,25-/m1/s1. The number of benzene rings is 1. The number of aliphatic hydroxyl groups excluding tert-OH is 1. The van der Waals surface area contributed by atoms with Gasteiger partial charge in [-0.25, -0.2) is 4.98 Å². The maximum Gasteiger partial charge on any atom is 0.275 e. The van der Waals surface area contributed by atoms with E-state index < -0.39 is 5.91 Å². The zero-order valence-corrected chi connectivity index (χ0v) is 22.1. The molecular weight excluding hydrogens is 470 g/mol. The molecule has 0 saturated heterocycles. The number of aliphatic hydroxyl groups is 1. The molecule has 0 unspecified atom stereocenters. The van der Waals surface area contributed by atoms with E-state index in [1.54, 1.807) is 23.1 Å². The van der Waals surface area contributed by atoms with Crippen LogP contribution < -0.4 is 10.1 Å². The fraction of sp³-hybridized carbons (Fsp3) is 0.571. The van der Waals surface area contributed by atoms with Gasteiger partial charge in [-0.05, 0) is 44.9 Å². The number of nitrogens with one attached hydrogen (secondary N) is 1. The van der Waals surface area contributed by atoms with Gasteiger partial charge in [-0.3, -0.25) is 14.6 Å². The molecule has 3 atom stereocenters. The average Bonchev–Trinajstić information content (AvgIpc) is 2.91. The lowest BCUT2D eigenvalue weighted by Crippen LogP contribution is -2.50. The molecular formula is C28H39N5O4. The Kier molecular flexibility index (Phi) is 9.10. The minimum atomic E-state index is -0.431. The summed E-state index contributed by atoms with van der Waals surface area (Å²) in [6, 6.07) is 4.82. The molecule has 2 N–H and O–H groups in total. The number of anilines is 1. The fourth-order valence-electron chi connectivity index (χ4n) is 5.35. The van der Waals surface area contributed by atoms with Gasteiger partial charge in [-0.1, -0.05) is 32.3 Å². The summed E-state index contributed by atoms with van der Waals surface area (Å²) >= 11 is 0. The van der Waals surface area contributed by atoms with Gasteiger partial charge in [-0.15, -0.1) is 0 Å². The summed E-state index contributed by atoms with van der Waals surface area (Å²) in [7, 11) is 2.13. The van der Waals surface area contributed by atoms with Crippen molar-refractivity contribution in [2.24, 2.45) is 11.8 Å². The molecule has 1 aromatic carbocycles. The van der Waals surface area contributed by atoms with Gasteiger partial charge in [0.25, 0.3) is 11.8 Å². The number of rotatable bonds is 8. The molecule has 2 aromatic rings. The van der Waals surface area contributed by atoms with E-state index in [4.69, 9.17) is 4.74 Å². The number of likely N-dealkylation sites (N-methyl/N-ethyl adjacent to an activating group) is 1. The highest BCUT2D eigenvalue weighted by atomic mass is 16.5. The number of carbonyl (C=O) groups is 2. The van der Waals surface area contributed by atoms with Crippen LogP contribution in [-0.2, 0) is 0 Å². The number of aromatic nitrogens is 2.